The molecule has 1 aromatic rings. The lowest BCUT2D eigenvalue weighted by Crippen LogP contribution is -2.44. The fraction of sp³-hybridized carbons (Fsp3) is 0.810. The van der Waals surface area contributed by atoms with Crippen LogP contribution < -0.4 is 0 Å². The van der Waals surface area contributed by atoms with Crippen molar-refractivity contribution in [2.24, 2.45) is 24.3 Å². The van der Waals surface area contributed by atoms with Crippen LogP contribution in [-0.2, 0) is 16.6 Å². The lowest BCUT2D eigenvalue weighted by molar-refractivity contribution is -0.133. The van der Waals surface area contributed by atoms with Crippen molar-refractivity contribution in [1.29, 1.82) is 0 Å². The summed E-state index contributed by atoms with van der Waals surface area (Å²) in [7, 11) is 3.99. The van der Waals surface area contributed by atoms with E-state index in [2.05, 4.69) is 23.1 Å². The maximum atomic E-state index is 13.1. The van der Waals surface area contributed by atoms with E-state index in [0.717, 1.165) is 52.1 Å². The van der Waals surface area contributed by atoms with Crippen LogP contribution in [0, 0.1) is 17.3 Å². The van der Waals surface area contributed by atoms with Gasteiger partial charge in [-0.05, 0) is 56.5 Å². The van der Waals surface area contributed by atoms with Crippen LogP contribution in [0.3, 0.4) is 0 Å². The molecule has 0 bridgehead atoms. The molecule has 3 atom stereocenters. The summed E-state index contributed by atoms with van der Waals surface area (Å²) in [6.07, 6.45) is 9.72. The molecule has 1 aromatic heterocycles. The number of piperidine rings is 1. The highest BCUT2D eigenvalue weighted by atomic mass is 16.5. The fourth-order valence-corrected chi connectivity index (χ4v) is 5.51. The molecule has 1 saturated carbocycles. The van der Waals surface area contributed by atoms with Gasteiger partial charge in [-0.3, -0.25) is 14.4 Å². The molecule has 0 N–H and O–H groups in total. The minimum Gasteiger partial charge on any atom is -0.381 e. The monoisotopic (exact) mass is 374 g/mol. The minimum atomic E-state index is 0.231. The Labute approximate surface area is 162 Å². The molecule has 1 spiro atoms. The van der Waals surface area contributed by atoms with E-state index in [-0.39, 0.29) is 11.3 Å². The molecular formula is C21H34N4O2. The molecular weight excluding hydrogens is 340 g/mol. The van der Waals surface area contributed by atoms with E-state index in [0.29, 0.717) is 17.9 Å². The molecule has 3 aliphatic rings. The summed E-state index contributed by atoms with van der Waals surface area (Å²) in [6.45, 7) is 6.91. The van der Waals surface area contributed by atoms with Crippen LogP contribution in [0.5, 0.6) is 0 Å². The zero-order valence-corrected chi connectivity index (χ0v) is 17.1. The maximum Gasteiger partial charge on any atom is 0.226 e. The molecule has 1 amide bonds. The largest absolute Gasteiger partial charge is 0.381 e. The predicted molar refractivity (Wildman–Crippen MR) is 104 cm³/mol. The van der Waals surface area contributed by atoms with Crippen LogP contribution in [0.4, 0.5) is 0 Å². The Balaban J connectivity index is 1.44. The normalized spacial score (nSPS) is 30.4. The van der Waals surface area contributed by atoms with Gasteiger partial charge in [0, 0.05) is 57.6 Å². The SMILES string of the molecule is CCN1CCC[C@@H](CN(C)C(=O)[C@@H]2CC23CCOCC3)[C@@H]1c1cnn(C)c1. The van der Waals surface area contributed by atoms with Gasteiger partial charge >= 0.3 is 0 Å². The third-order valence-corrected chi connectivity index (χ3v) is 7.19. The number of likely N-dealkylation sites (tertiary alicyclic amines) is 1. The van der Waals surface area contributed by atoms with E-state index in [9.17, 15) is 4.79 Å². The van der Waals surface area contributed by atoms with Crippen LogP contribution >= 0.6 is 0 Å². The molecule has 4 rings (SSSR count). The van der Waals surface area contributed by atoms with E-state index in [1.54, 1.807) is 0 Å². The molecule has 3 fully saturated rings. The summed E-state index contributed by atoms with van der Waals surface area (Å²) >= 11 is 0. The Bertz CT molecular complexity index is 667. The fourth-order valence-electron chi connectivity index (χ4n) is 5.51. The van der Waals surface area contributed by atoms with E-state index in [4.69, 9.17) is 4.74 Å². The van der Waals surface area contributed by atoms with Crippen molar-refractivity contribution in [3.63, 3.8) is 0 Å². The Morgan fingerprint density at radius 3 is 2.85 bits per heavy atom. The highest BCUT2D eigenvalue weighted by Crippen LogP contribution is 2.59. The first-order valence-electron chi connectivity index (χ1n) is 10.6. The second-order valence-electron chi connectivity index (χ2n) is 8.87. The average Bonchev–Trinajstić information content (AvgIpc) is 3.18. The average molecular weight is 375 g/mol. The molecule has 0 unspecified atom stereocenters. The number of carbonyl (C=O) groups excluding carboxylic acids is 1. The quantitative estimate of drug-likeness (QED) is 0.794. The highest BCUT2D eigenvalue weighted by molar-refractivity contribution is 5.82. The Kier molecular flexibility index (Phi) is 5.30. The van der Waals surface area contributed by atoms with Crippen LogP contribution in [-0.4, -0.2) is 65.4 Å². The van der Waals surface area contributed by atoms with E-state index < -0.39 is 0 Å². The molecule has 3 heterocycles. The first kappa shape index (κ1) is 18.9. The standard InChI is InChI=1S/C21H34N4O2/c1-4-25-9-5-6-16(19(25)17-13-22-24(3)15-17)14-23(2)20(26)18-12-21(18)7-10-27-11-8-21/h13,15-16,18-19H,4-12,14H2,1-3H3/t16-,18-,19+/m0/s1. The zero-order chi connectivity index (χ0) is 19.0. The third kappa shape index (κ3) is 3.66. The number of aryl methyl sites for hydroxylation is 1. The number of aromatic nitrogens is 2. The van der Waals surface area contributed by atoms with Gasteiger partial charge in [0.25, 0.3) is 0 Å². The van der Waals surface area contributed by atoms with Crippen LogP contribution in [0.2, 0.25) is 0 Å². The van der Waals surface area contributed by atoms with Gasteiger partial charge in [0.2, 0.25) is 5.91 Å². The first-order valence-corrected chi connectivity index (χ1v) is 10.6. The smallest absolute Gasteiger partial charge is 0.226 e. The summed E-state index contributed by atoms with van der Waals surface area (Å²) in [4.78, 5) is 17.7. The van der Waals surface area contributed by atoms with Gasteiger partial charge < -0.3 is 9.64 Å². The molecule has 6 heteroatoms. The van der Waals surface area contributed by atoms with Gasteiger partial charge in [0.1, 0.15) is 0 Å². The Hall–Kier alpha value is -1.40. The molecule has 6 nitrogen and oxygen atoms in total. The van der Waals surface area contributed by atoms with Crippen LogP contribution in [0.15, 0.2) is 12.4 Å². The number of ether oxygens (including phenoxy) is 1. The van der Waals surface area contributed by atoms with E-state index in [1.807, 2.05) is 29.9 Å². The minimum absolute atomic E-state index is 0.231. The molecule has 150 valence electrons. The van der Waals surface area contributed by atoms with Gasteiger partial charge in [0.05, 0.1) is 6.20 Å². The topological polar surface area (TPSA) is 50.6 Å². The molecule has 2 aliphatic heterocycles. The number of rotatable bonds is 5. The van der Waals surface area contributed by atoms with Crippen molar-refractivity contribution in [3.05, 3.63) is 18.0 Å². The van der Waals surface area contributed by atoms with Gasteiger partial charge in [-0.25, -0.2) is 0 Å². The Morgan fingerprint density at radius 2 is 2.19 bits per heavy atom. The zero-order valence-electron chi connectivity index (χ0n) is 17.1. The number of carbonyl (C=O) groups is 1. The predicted octanol–water partition coefficient (Wildman–Crippen LogP) is 2.47. The van der Waals surface area contributed by atoms with Crippen molar-refractivity contribution in [2.75, 3.05) is 39.9 Å². The summed E-state index contributed by atoms with van der Waals surface area (Å²) in [5.74, 6) is 1.06. The second-order valence-corrected chi connectivity index (χ2v) is 8.87. The summed E-state index contributed by atoms with van der Waals surface area (Å²) in [5.41, 5.74) is 1.55. The van der Waals surface area contributed by atoms with Crippen LogP contribution in [0.25, 0.3) is 0 Å². The van der Waals surface area contributed by atoms with Gasteiger partial charge in [0.15, 0.2) is 0 Å². The van der Waals surface area contributed by atoms with E-state index in [1.165, 1.54) is 18.4 Å². The van der Waals surface area contributed by atoms with Crippen molar-refractivity contribution in [2.45, 2.75) is 45.1 Å². The number of hydrogen-bond donors (Lipinski definition) is 0. The van der Waals surface area contributed by atoms with Crippen molar-refractivity contribution >= 4 is 5.91 Å². The molecule has 0 radical (unpaired) electrons. The van der Waals surface area contributed by atoms with Gasteiger partial charge in [-0.1, -0.05) is 6.92 Å². The molecule has 1 aliphatic carbocycles. The van der Waals surface area contributed by atoms with Crippen molar-refractivity contribution < 1.29 is 9.53 Å². The van der Waals surface area contributed by atoms with Crippen molar-refractivity contribution in [1.82, 2.24) is 19.6 Å². The number of nitrogens with zero attached hydrogens (tertiary/aromatic N) is 4. The van der Waals surface area contributed by atoms with E-state index >= 15 is 0 Å². The lowest BCUT2D eigenvalue weighted by atomic mass is 9.85. The maximum absolute atomic E-state index is 13.1. The van der Waals surface area contributed by atoms with Gasteiger partial charge in [-0.15, -0.1) is 0 Å². The Morgan fingerprint density at radius 1 is 1.41 bits per heavy atom. The van der Waals surface area contributed by atoms with Crippen LogP contribution in [0.1, 0.15) is 50.6 Å². The summed E-state index contributed by atoms with van der Waals surface area (Å²) in [6, 6.07) is 0.365. The highest BCUT2D eigenvalue weighted by Gasteiger charge is 2.58. The first-order chi connectivity index (χ1) is 13.0. The van der Waals surface area contributed by atoms with Crippen molar-refractivity contribution in [3.8, 4) is 0 Å². The summed E-state index contributed by atoms with van der Waals surface area (Å²) in [5, 5.41) is 4.40. The second kappa shape index (κ2) is 7.55. The molecule has 2 saturated heterocycles. The summed E-state index contributed by atoms with van der Waals surface area (Å²) < 4.78 is 7.40. The molecule has 0 aromatic carbocycles. The number of hydrogen-bond acceptors (Lipinski definition) is 4. The number of amides is 1. The molecule has 27 heavy (non-hydrogen) atoms. The van der Waals surface area contributed by atoms with Gasteiger partial charge in [-0.2, -0.15) is 5.10 Å². The third-order valence-electron chi connectivity index (χ3n) is 7.19. The lowest BCUT2D eigenvalue weighted by Gasteiger charge is -2.42.